The summed E-state index contributed by atoms with van der Waals surface area (Å²) in [6, 6.07) is 5.19. The Bertz CT molecular complexity index is 1000. The van der Waals surface area contributed by atoms with E-state index in [2.05, 4.69) is 20.9 Å². The fourth-order valence-corrected chi connectivity index (χ4v) is 5.54. The zero-order chi connectivity index (χ0) is 24.1. The zero-order valence-electron chi connectivity index (χ0n) is 19.7. The van der Waals surface area contributed by atoms with Crippen LogP contribution in [0.4, 0.5) is 5.69 Å². The van der Waals surface area contributed by atoms with Crippen molar-refractivity contribution in [3.63, 3.8) is 0 Å². The van der Waals surface area contributed by atoms with E-state index in [-0.39, 0.29) is 23.9 Å². The third-order valence-electron chi connectivity index (χ3n) is 6.50. The minimum Gasteiger partial charge on any atom is -0.382 e. The standard InChI is InChI=1S/C25H33ClN4O3S/c1-15-19(12-17(26)13-27-15)29-21(14-33-2)22-9-10-23(34-22)25(32)30-20(11-16-5-3-4-6-16)24(31)28-18-7-8-18/h9-10,12-13,16,18,20-21,29H,3-8,11,14H2,1-2H3,(H,28,31)(H,30,32)/t20-,21+/m0/s1. The van der Waals surface area contributed by atoms with Gasteiger partial charge in [0.1, 0.15) is 6.04 Å². The van der Waals surface area contributed by atoms with Crippen LogP contribution < -0.4 is 16.0 Å². The molecular weight excluding hydrogens is 472 g/mol. The lowest BCUT2D eigenvalue weighted by molar-refractivity contribution is -0.123. The molecule has 2 fully saturated rings. The normalized spacial score (nSPS) is 17.9. The van der Waals surface area contributed by atoms with Crippen LogP contribution in [0.2, 0.25) is 5.02 Å². The van der Waals surface area contributed by atoms with Crippen LogP contribution >= 0.6 is 22.9 Å². The number of carbonyl (C=O) groups is 2. The number of rotatable bonds is 11. The summed E-state index contributed by atoms with van der Waals surface area (Å²) in [4.78, 5) is 31.8. The summed E-state index contributed by atoms with van der Waals surface area (Å²) in [6.45, 7) is 2.33. The van der Waals surface area contributed by atoms with Crippen LogP contribution in [0.3, 0.4) is 0 Å². The smallest absolute Gasteiger partial charge is 0.262 e. The Morgan fingerprint density at radius 2 is 2.00 bits per heavy atom. The van der Waals surface area contributed by atoms with Crippen molar-refractivity contribution in [1.82, 2.24) is 15.6 Å². The van der Waals surface area contributed by atoms with E-state index in [9.17, 15) is 9.59 Å². The number of halogens is 1. The number of carbonyl (C=O) groups excluding carboxylic acids is 2. The number of anilines is 1. The molecule has 34 heavy (non-hydrogen) atoms. The van der Waals surface area contributed by atoms with Gasteiger partial charge in [-0.1, -0.05) is 37.3 Å². The third kappa shape index (κ3) is 6.71. The monoisotopic (exact) mass is 504 g/mol. The van der Waals surface area contributed by atoms with Gasteiger partial charge >= 0.3 is 0 Å². The van der Waals surface area contributed by atoms with Crippen molar-refractivity contribution >= 4 is 40.4 Å². The fraction of sp³-hybridized carbons (Fsp3) is 0.560. The molecule has 9 heteroatoms. The average molecular weight is 505 g/mol. The van der Waals surface area contributed by atoms with Gasteiger partial charge in [-0.3, -0.25) is 14.6 Å². The van der Waals surface area contributed by atoms with E-state index in [0.29, 0.717) is 28.8 Å². The fourth-order valence-electron chi connectivity index (χ4n) is 4.43. The van der Waals surface area contributed by atoms with E-state index in [1.165, 1.54) is 24.2 Å². The van der Waals surface area contributed by atoms with E-state index in [4.69, 9.17) is 16.3 Å². The van der Waals surface area contributed by atoms with Gasteiger partial charge in [0, 0.05) is 24.2 Å². The maximum Gasteiger partial charge on any atom is 0.262 e. The second-order valence-electron chi connectivity index (χ2n) is 9.34. The summed E-state index contributed by atoms with van der Waals surface area (Å²) in [7, 11) is 1.64. The molecule has 0 unspecified atom stereocenters. The quantitative estimate of drug-likeness (QED) is 0.406. The van der Waals surface area contributed by atoms with Gasteiger partial charge < -0.3 is 20.7 Å². The predicted octanol–water partition coefficient (Wildman–Crippen LogP) is 4.86. The molecule has 0 aromatic carbocycles. The Balaban J connectivity index is 1.44. The highest BCUT2D eigenvalue weighted by molar-refractivity contribution is 7.14. The van der Waals surface area contributed by atoms with Crippen LogP contribution in [0.1, 0.15) is 71.2 Å². The minimum absolute atomic E-state index is 0.0533. The topological polar surface area (TPSA) is 92.3 Å². The minimum atomic E-state index is -0.491. The molecule has 2 atom stereocenters. The van der Waals surface area contributed by atoms with Gasteiger partial charge in [-0.2, -0.15) is 0 Å². The molecule has 7 nitrogen and oxygen atoms in total. The molecular formula is C25H33ClN4O3S. The van der Waals surface area contributed by atoms with Gasteiger partial charge in [-0.25, -0.2) is 0 Å². The van der Waals surface area contributed by atoms with Crippen LogP contribution in [-0.4, -0.2) is 42.6 Å². The van der Waals surface area contributed by atoms with Crippen molar-refractivity contribution in [1.29, 1.82) is 0 Å². The number of nitrogens with one attached hydrogen (secondary N) is 3. The van der Waals surface area contributed by atoms with E-state index in [0.717, 1.165) is 41.9 Å². The van der Waals surface area contributed by atoms with Crippen LogP contribution in [0.25, 0.3) is 0 Å². The first kappa shape index (κ1) is 24.9. The lowest BCUT2D eigenvalue weighted by Gasteiger charge is -2.21. The number of ether oxygens (including phenoxy) is 1. The first-order chi connectivity index (χ1) is 16.4. The van der Waals surface area contributed by atoms with Crippen LogP contribution in [0.15, 0.2) is 24.4 Å². The molecule has 0 aliphatic heterocycles. The van der Waals surface area contributed by atoms with Gasteiger partial charge in [0.15, 0.2) is 0 Å². The number of thiophene rings is 1. The SMILES string of the molecule is COC[C@@H](Nc1cc(Cl)cnc1C)c1ccc(C(=O)N[C@@H](CC2CCCC2)C(=O)NC2CC2)s1. The van der Waals surface area contributed by atoms with E-state index >= 15 is 0 Å². The predicted molar refractivity (Wildman–Crippen MR) is 136 cm³/mol. The summed E-state index contributed by atoms with van der Waals surface area (Å²) in [6.07, 6.45) is 9.06. The molecule has 2 aliphatic carbocycles. The summed E-state index contributed by atoms with van der Waals surface area (Å²) in [5.41, 5.74) is 1.65. The largest absolute Gasteiger partial charge is 0.382 e. The highest BCUT2D eigenvalue weighted by Gasteiger charge is 2.31. The molecule has 0 radical (unpaired) electrons. The first-order valence-electron chi connectivity index (χ1n) is 12.0. The van der Waals surface area contributed by atoms with Crippen LogP contribution in [-0.2, 0) is 9.53 Å². The van der Waals surface area contributed by atoms with Gasteiger partial charge in [-0.15, -0.1) is 11.3 Å². The molecule has 3 N–H and O–H groups in total. The second-order valence-corrected chi connectivity index (χ2v) is 10.9. The molecule has 4 rings (SSSR count). The molecule has 0 bridgehead atoms. The molecule has 2 aromatic heterocycles. The number of pyridine rings is 1. The van der Waals surface area contributed by atoms with Gasteiger partial charge in [0.25, 0.3) is 5.91 Å². The second kappa shape index (κ2) is 11.5. The molecule has 0 spiro atoms. The van der Waals surface area contributed by atoms with Crippen molar-refractivity contribution < 1.29 is 14.3 Å². The van der Waals surface area contributed by atoms with Gasteiger partial charge in [-0.05, 0) is 50.3 Å². The van der Waals surface area contributed by atoms with E-state index in [1.54, 1.807) is 13.3 Å². The summed E-state index contributed by atoms with van der Waals surface area (Å²) >= 11 is 7.52. The molecule has 2 aromatic rings. The summed E-state index contributed by atoms with van der Waals surface area (Å²) in [5.74, 6) is 0.239. The first-order valence-corrected chi connectivity index (χ1v) is 13.2. The molecule has 184 valence electrons. The Morgan fingerprint density at radius 3 is 2.71 bits per heavy atom. The Hall–Kier alpha value is -2.16. The number of amides is 2. The van der Waals surface area contributed by atoms with E-state index in [1.807, 2.05) is 25.1 Å². The van der Waals surface area contributed by atoms with Crippen LogP contribution in [0, 0.1) is 12.8 Å². The maximum absolute atomic E-state index is 13.1. The highest BCUT2D eigenvalue weighted by Crippen LogP contribution is 2.31. The van der Waals surface area contributed by atoms with Crippen molar-refractivity contribution in [2.24, 2.45) is 5.92 Å². The number of aryl methyl sites for hydroxylation is 1. The van der Waals surface area contributed by atoms with Gasteiger partial charge in [0.05, 0.1) is 33.9 Å². The Labute approximate surface area is 210 Å². The van der Waals surface area contributed by atoms with Gasteiger partial charge in [0.2, 0.25) is 5.91 Å². The van der Waals surface area contributed by atoms with Crippen molar-refractivity contribution in [3.8, 4) is 0 Å². The molecule has 2 amide bonds. The van der Waals surface area contributed by atoms with Crippen LogP contribution in [0.5, 0.6) is 0 Å². The maximum atomic E-state index is 13.1. The number of hydrogen-bond acceptors (Lipinski definition) is 6. The number of hydrogen-bond donors (Lipinski definition) is 3. The number of nitrogens with zero attached hydrogens (tertiary/aromatic N) is 1. The number of methoxy groups -OCH3 is 1. The zero-order valence-corrected chi connectivity index (χ0v) is 21.3. The summed E-state index contributed by atoms with van der Waals surface area (Å²) < 4.78 is 5.42. The summed E-state index contributed by atoms with van der Waals surface area (Å²) in [5, 5.41) is 10.1. The number of aromatic nitrogens is 1. The Kier molecular flexibility index (Phi) is 8.45. The molecule has 2 saturated carbocycles. The highest BCUT2D eigenvalue weighted by atomic mass is 35.5. The lowest BCUT2D eigenvalue weighted by Crippen LogP contribution is -2.48. The molecule has 0 saturated heterocycles. The van der Waals surface area contributed by atoms with E-state index < -0.39 is 6.04 Å². The third-order valence-corrected chi connectivity index (χ3v) is 7.90. The molecule has 2 aliphatic rings. The molecule has 2 heterocycles. The van der Waals surface area contributed by atoms with Crippen molar-refractivity contribution in [2.45, 2.75) is 70.0 Å². The average Bonchev–Trinajstić information content (AvgIpc) is 3.26. The lowest BCUT2D eigenvalue weighted by atomic mass is 9.97. The Morgan fingerprint density at radius 1 is 1.24 bits per heavy atom. The van der Waals surface area contributed by atoms with Crippen molar-refractivity contribution in [3.05, 3.63) is 44.9 Å². The van der Waals surface area contributed by atoms with Crippen molar-refractivity contribution in [2.75, 3.05) is 19.0 Å².